The minimum absolute atomic E-state index is 0.0410. The van der Waals surface area contributed by atoms with E-state index in [1.807, 2.05) is 0 Å². The van der Waals surface area contributed by atoms with Crippen molar-refractivity contribution < 1.29 is 14.6 Å². The lowest BCUT2D eigenvalue weighted by Crippen LogP contribution is -1.92. The Morgan fingerprint density at radius 3 is 2.25 bits per heavy atom. The predicted octanol–water partition coefficient (Wildman–Crippen LogP) is 2.97. The monoisotopic (exact) mass is 222 g/mol. The van der Waals surface area contributed by atoms with E-state index in [9.17, 15) is 5.11 Å². The van der Waals surface area contributed by atoms with Gasteiger partial charge in [0.1, 0.15) is 0 Å². The van der Waals surface area contributed by atoms with Crippen LogP contribution in [0.25, 0.3) is 0 Å². The molecular formula is C13H18O3. The molecule has 0 atom stereocenters. The molecule has 0 fully saturated rings. The van der Waals surface area contributed by atoms with Crippen LogP contribution in [0.5, 0.6) is 17.2 Å². The summed E-state index contributed by atoms with van der Waals surface area (Å²) in [7, 11) is 3.04. The highest BCUT2D eigenvalue weighted by Gasteiger charge is 2.10. The van der Waals surface area contributed by atoms with Crippen molar-refractivity contribution in [2.75, 3.05) is 14.2 Å². The molecule has 3 nitrogen and oxygen atoms in total. The summed E-state index contributed by atoms with van der Waals surface area (Å²) >= 11 is 0. The number of ether oxygens (including phenoxy) is 2. The fourth-order valence-electron chi connectivity index (χ4n) is 1.44. The highest BCUT2D eigenvalue weighted by molar-refractivity contribution is 5.54. The Balaban J connectivity index is 2.84. The van der Waals surface area contributed by atoms with Crippen LogP contribution >= 0.6 is 0 Å². The maximum atomic E-state index is 9.71. The molecule has 1 N–H and O–H groups in total. The van der Waals surface area contributed by atoms with Crippen LogP contribution in [0.15, 0.2) is 12.1 Å². The minimum atomic E-state index is 0.0410. The second-order valence-electron chi connectivity index (χ2n) is 3.47. The average Bonchev–Trinajstić information content (AvgIpc) is 2.31. The first-order chi connectivity index (χ1) is 7.72. The molecule has 0 aliphatic heterocycles. The van der Waals surface area contributed by atoms with Crippen LogP contribution in [0.3, 0.4) is 0 Å². The molecular weight excluding hydrogens is 204 g/mol. The Morgan fingerprint density at radius 2 is 1.81 bits per heavy atom. The number of phenolic OH excluding ortho intramolecular Hbond substituents is 1. The van der Waals surface area contributed by atoms with Crippen molar-refractivity contribution in [2.24, 2.45) is 0 Å². The number of phenols is 1. The molecule has 0 saturated heterocycles. The molecule has 2 radical (unpaired) electrons. The molecule has 0 aromatic heterocycles. The van der Waals surface area contributed by atoms with Gasteiger partial charge < -0.3 is 14.6 Å². The molecule has 1 rings (SSSR count). The molecule has 0 aliphatic rings. The largest absolute Gasteiger partial charge is 0.502 e. The van der Waals surface area contributed by atoms with Gasteiger partial charge in [-0.3, -0.25) is 0 Å². The van der Waals surface area contributed by atoms with Gasteiger partial charge in [-0.1, -0.05) is 19.8 Å². The van der Waals surface area contributed by atoms with E-state index >= 15 is 0 Å². The van der Waals surface area contributed by atoms with Crippen molar-refractivity contribution in [3.8, 4) is 17.2 Å². The van der Waals surface area contributed by atoms with Crippen LogP contribution in [0.4, 0.5) is 0 Å². The summed E-state index contributed by atoms with van der Waals surface area (Å²) in [5, 5.41) is 9.71. The first-order valence-electron chi connectivity index (χ1n) is 5.30. The highest BCUT2D eigenvalue weighted by Crippen LogP contribution is 2.37. The number of benzene rings is 1. The van der Waals surface area contributed by atoms with Crippen molar-refractivity contribution in [3.05, 3.63) is 31.0 Å². The molecule has 88 valence electrons. The van der Waals surface area contributed by atoms with Gasteiger partial charge in [0.15, 0.2) is 11.5 Å². The molecule has 0 aliphatic carbocycles. The first-order valence-corrected chi connectivity index (χ1v) is 5.30. The molecule has 16 heavy (non-hydrogen) atoms. The molecule has 0 heterocycles. The molecule has 0 saturated carbocycles. The number of methoxy groups -OCH3 is 2. The van der Waals surface area contributed by atoms with E-state index in [0.717, 1.165) is 24.8 Å². The number of hydrogen-bond acceptors (Lipinski definition) is 3. The summed E-state index contributed by atoms with van der Waals surface area (Å²) < 4.78 is 10.1. The van der Waals surface area contributed by atoms with Crippen molar-refractivity contribution in [1.82, 2.24) is 0 Å². The third-order valence-corrected chi connectivity index (χ3v) is 2.34. The number of unbranched alkanes of at least 4 members (excludes halogenated alkanes) is 2. The molecule has 0 spiro atoms. The van der Waals surface area contributed by atoms with Gasteiger partial charge >= 0.3 is 0 Å². The van der Waals surface area contributed by atoms with Gasteiger partial charge in [-0.25, -0.2) is 0 Å². The fraction of sp³-hybridized carbons (Fsp3) is 0.385. The van der Waals surface area contributed by atoms with E-state index < -0.39 is 0 Å². The van der Waals surface area contributed by atoms with E-state index in [4.69, 9.17) is 9.47 Å². The van der Waals surface area contributed by atoms with Crippen LogP contribution < -0.4 is 9.47 Å². The fourth-order valence-corrected chi connectivity index (χ4v) is 1.44. The SMILES string of the molecule is [CH2]CCC[CH]c1cc(OC)c(O)c(OC)c1. The van der Waals surface area contributed by atoms with E-state index in [2.05, 4.69) is 13.3 Å². The van der Waals surface area contributed by atoms with Gasteiger partial charge in [-0.2, -0.15) is 0 Å². The molecule has 0 unspecified atom stereocenters. The van der Waals surface area contributed by atoms with Crippen LogP contribution in [0.2, 0.25) is 0 Å². The Bertz CT molecular complexity index is 309. The van der Waals surface area contributed by atoms with Crippen molar-refractivity contribution in [1.29, 1.82) is 0 Å². The number of rotatable bonds is 6. The van der Waals surface area contributed by atoms with Gasteiger partial charge in [0.25, 0.3) is 0 Å². The summed E-state index contributed by atoms with van der Waals surface area (Å²) in [5.41, 5.74) is 0.986. The molecule has 0 amide bonds. The molecule has 3 heteroatoms. The zero-order valence-electron chi connectivity index (χ0n) is 9.82. The van der Waals surface area contributed by atoms with Crippen molar-refractivity contribution >= 4 is 0 Å². The van der Waals surface area contributed by atoms with Gasteiger partial charge in [-0.15, -0.1) is 0 Å². The normalized spacial score (nSPS) is 10.2. The number of aromatic hydroxyl groups is 1. The quantitative estimate of drug-likeness (QED) is 0.752. The molecule has 0 bridgehead atoms. The van der Waals surface area contributed by atoms with Crippen molar-refractivity contribution in [3.63, 3.8) is 0 Å². The minimum Gasteiger partial charge on any atom is -0.502 e. The van der Waals surface area contributed by atoms with Crippen LogP contribution in [-0.4, -0.2) is 19.3 Å². The Kier molecular flexibility index (Phi) is 4.96. The lowest BCUT2D eigenvalue weighted by Gasteiger charge is -2.10. The predicted molar refractivity (Wildman–Crippen MR) is 63.8 cm³/mol. The Morgan fingerprint density at radius 1 is 1.25 bits per heavy atom. The second-order valence-corrected chi connectivity index (χ2v) is 3.47. The Hall–Kier alpha value is -1.38. The van der Waals surface area contributed by atoms with Gasteiger partial charge in [0.05, 0.1) is 14.2 Å². The number of hydrogen-bond donors (Lipinski definition) is 1. The summed E-state index contributed by atoms with van der Waals surface area (Å²) in [6, 6.07) is 3.59. The van der Waals surface area contributed by atoms with Crippen LogP contribution in [0.1, 0.15) is 24.8 Å². The lowest BCUT2D eigenvalue weighted by molar-refractivity contribution is 0.339. The average molecular weight is 222 g/mol. The van der Waals surface area contributed by atoms with Crippen LogP contribution in [0, 0.1) is 13.3 Å². The zero-order valence-corrected chi connectivity index (χ0v) is 9.82. The topological polar surface area (TPSA) is 38.7 Å². The first kappa shape index (κ1) is 12.7. The highest BCUT2D eigenvalue weighted by atomic mass is 16.5. The van der Waals surface area contributed by atoms with Crippen molar-refractivity contribution in [2.45, 2.75) is 19.3 Å². The maximum absolute atomic E-state index is 9.71. The van der Waals surface area contributed by atoms with Gasteiger partial charge in [-0.05, 0) is 30.5 Å². The van der Waals surface area contributed by atoms with Gasteiger partial charge in [0.2, 0.25) is 5.75 Å². The standard InChI is InChI=1S/C13H18O3/c1-4-5-6-7-10-8-11(15-2)13(14)12(9-10)16-3/h7-9,14H,1,4-6H2,2-3H3. The molecule has 1 aromatic rings. The van der Waals surface area contributed by atoms with E-state index in [1.165, 1.54) is 14.2 Å². The van der Waals surface area contributed by atoms with Crippen LogP contribution in [-0.2, 0) is 0 Å². The smallest absolute Gasteiger partial charge is 0.200 e. The summed E-state index contributed by atoms with van der Waals surface area (Å²) in [4.78, 5) is 0. The Labute approximate surface area is 97.0 Å². The summed E-state index contributed by atoms with van der Waals surface area (Å²) in [6.07, 6.45) is 5.00. The maximum Gasteiger partial charge on any atom is 0.200 e. The zero-order chi connectivity index (χ0) is 12.0. The third-order valence-electron chi connectivity index (χ3n) is 2.34. The van der Waals surface area contributed by atoms with Gasteiger partial charge in [0, 0.05) is 0 Å². The third kappa shape index (κ3) is 3.05. The molecule has 1 aromatic carbocycles. The lowest BCUT2D eigenvalue weighted by atomic mass is 10.1. The van der Waals surface area contributed by atoms with E-state index in [-0.39, 0.29) is 5.75 Å². The van der Waals surface area contributed by atoms with E-state index in [1.54, 1.807) is 12.1 Å². The van der Waals surface area contributed by atoms with E-state index in [0.29, 0.717) is 11.5 Å². The summed E-state index contributed by atoms with van der Waals surface area (Å²) in [5.74, 6) is 0.903. The summed E-state index contributed by atoms with van der Waals surface area (Å²) in [6.45, 7) is 3.79. The second kappa shape index (κ2) is 6.26.